The fourth-order valence-electron chi connectivity index (χ4n) is 3.47. The van der Waals surface area contributed by atoms with Crippen LogP contribution in [0, 0.1) is 0 Å². The number of carbonyl (C=O) groups is 1. The molecule has 1 saturated heterocycles. The Morgan fingerprint density at radius 1 is 1.12 bits per heavy atom. The maximum atomic E-state index is 12.8. The molecule has 0 atom stereocenters. The molecular formula is C20H22N4O2. The average molecular weight is 350 g/mol. The average Bonchev–Trinajstić information content (AvgIpc) is 3.02. The number of phenolic OH excluding ortho intramolecular Hbond substituents is 1. The van der Waals surface area contributed by atoms with E-state index in [1.807, 2.05) is 46.8 Å². The van der Waals surface area contributed by atoms with Crippen molar-refractivity contribution in [3.8, 4) is 5.75 Å². The summed E-state index contributed by atoms with van der Waals surface area (Å²) in [5.41, 5.74) is 3.65. The summed E-state index contributed by atoms with van der Waals surface area (Å²) < 4.78 is 1.95. The van der Waals surface area contributed by atoms with Gasteiger partial charge in [0.15, 0.2) is 0 Å². The summed E-state index contributed by atoms with van der Waals surface area (Å²) in [5.74, 6) is 0.357. The Kier molecular flexibility index (Phi) is 4.34. The molecule has 1 aromatic heterocycles. The molecule has 4 rings (SSSR count). The molecule has 1 amide bonds. The van der Waals surface area contributed by atoms with E-state index < -0.39 is 0 Å². The zero-order valence-electron chi connectivity index (χ0n) is 14.8. The summed E-state index contributed by atoms with van der Waals surface area (Å²) in [5, 5.41) is 9.58. The molecule has 1 aliphatic rings. The van der Waals surface area contributed by atoms with E-state index in [4.69, 9.17) is 0 Å². The minimum absolute atomic E-state index is 0.0644. The highest BCUT2D eigenvalue weighted by molar-refractivity contribution is 5.97. The minimum Gasteiger partial charge on any atom is -0.508 e. The number of carbonyl (C=O) groups excluding carboxylic acids is 1. The van der Waals surface area contributed by atoms with Gasteiger partial charge >= 0.3 is 0 Å². The number of imidazole rings is 1. The second kappa shape index (κ2) is 6.80. The number of aromatic nitrogens is 2. The molecule has 26 heavy (non-hydrogen) atoms. The van der Waals surface area contributed by atoms with Crippen LogP contribution >= 0.6 is 0 Å². The molecule has 6 nitrogen and oxygen atoms in total. The molecule has 0 unspecified atom stereocenters. The lowest BCUT2D eigenvalue weighted by Crippen LogP contribution is -2.48. The van der Waals surface area contributed by atoms with Crippen LogP contribution in [0.2, 0.25) is 0 Å². The highest BCUT2D eigenvalue weighted by Crippen LogP contribution is 2.18. The Morgan fingerprint density at radius 2 is 1.92 bits per heavy atom. The number of fused-ring (bicyclic) bond motifs is 1. The fraction of sp³-hybridized carbons (Fsp3) is 0.300. The van der Waals surface area contributed by atoms with Gasteiger partial charge in [-0.2, -0.15) is 0 Å². The second-order valence-corrected chi connectivity index (χ2v) is 6.80. The lowest BCUT2D eigenvalue weighted by Gasteiger charge is -2.34. The molecule has 1 aliphatic heterocycles. The van der Waals surface area contributed by atoms with Crippen molar-refractivity contribution < 1.29 is 9.90 Å². The number of hydrogen-bond donors (Lipinski definition) is 1. The summed E-state index contributed by atoms with van der Waals surface area (Å²) in [6.07, 6.45) is 1.76. The molecule has 3 aromatic rings. The third-order valence-corrected chi connectivity index (χ3v) is 4.95. The molecule has 0 bridgehead atoms. The van der Waals surface area contributed by atoms with Crippen LogP contribution in [0.1, 0.15) is 15.9 Å². The van der Waals surface area contributed by atoms with Gasteiger partial charge in [0.2, 0.25) is 0 Å². The zero-order chi connectivity index (χ0) is 18.1. The molecule has 1 fully saturated rings. The van der Waals surface area contributed by atoms with Crippen molar-refractivity contribution in [2.75, 3.05) is 26.2 Å². The molecule has 1 N–H and O–H groups in total. The Hall–Kier alpha value is -2.86. The van der Waals surface area contributed by atoms with E-state index >= 15 is 0 Å². The van der Waals surface area contributed by atoms with Gasteiger partial charge < -0.3 is 14.6 Å². The predicted molar refractivity (Wildman–Crippen MR) is 100 cm³/mol. The quantitative estimate of drug-likeness (QED) is 0.787. The molecule has 6 heteroatoms. The molecule has 0 aliphatic carbocycles. The Morgan fingerprint density at radius 3 is 2.69 bits per heavy atom. The normalized spacial score (nSPS) is 15.5. The van der Waals surface area contributed by atoms with Gasteiger partial charge in [0.25, 0.3) is 5.91 Å². The van der Waals surface area contributed by atoms with E-state index in [0.717, 1.165) is 36.2 Å². The first kappa shape index (κ1) is 16.6. The van der Waals surface area contributed by atoms with E-state index in [2.05, 4.69) is 9.88 Å². The van der Waals surface area contributed by atoms with Gasteiger partial charge in [-0.15, -0.1) is 0 Å². The van der Waals surface area contributed by atoms with Gasteiger partial charge in [-0.1, -0.05) is 12.1 Å². The van der Waals surface area contributed by atoms with Crippen LogP contribution in [0.5, 0.6) is 5.75 Å². The second-order valence-electron chi connectivity index (χ2n) is 6.80. The van der Waals surface area contributed by atoms with Crippen LogP contribution in [0.25, 0.3) is 11.0 Å². The van der Waals surface area contributed by atoms with Crippen LogP contribution in [-0.4, -0.2) is 56.5 Å². The number of aromatic hydroxyl groups is 1. The number of rotatable bonds is 3. The predicted octanol–water partition coefficient (Wildman–Crippen LogP) is 2.24. The van der Waals surface area contributed by atoms with Crippen molar-refractivity contribution in [2.24, 2.45) is 7.05 Å². The van der Waals surface area contributed by atoms with Crippen LogP contribution < -0.4 is 0 Å². The number of piperazine rings is 1. The Labute approximate surface area is 152 Å². The molecular weight excluding hydrogens is 328 g/mol. The first-order chi connectivity index (χ1) is 12.6. The zero-order valence-corrected chi connectivity index (χ0v) is 14.8. The summed E-state index contributed by atoms with van der Waals surface area (Å²) in [6, 6.07) is 13.0. The van der Waals surface area contributed by atoms with Crippen molar-refractivity contribution in [2.45, 2.75) is 6.54 Å². The highest BCUT2D eigenvalue weighted by Gasteiger charge is 2.22. The first-order valence-electron chi connectivity index (χ1n) is 8.81. The maximum Gasteiger partial charge on any atom is 0.254 e. The van der Waals surface area contributed by atoms with Crippen LogP contribution in [0.4, 0.5) is 0 Å². The Balaban J connectivity index is 1.39. The minimum atomic E-state index is 0.0644. The highest BCUT2D eigenvalue weighted by atomic mass is 16.3. The van der Waals surface area contributed by atoms with E-state index in [-0.39, 0.29) is 5.91 Å². The molecule has 0 radical (unpaired) electrons. The van der Waals surface area contributed by atoms with Crippen LogP contribution in [0.15, 0.2) is 48.8 Å². The first-order valence-corrected chi connectivity index (χ1v) is 8.81. The summed E-state index contributed by atoms with van der Waals surface area (Å²) in [7, 11) is 1.95. The lowest BCUT2D eigenvalue weighted by molar-refractivity contribution is 0.0628. The van der Waals surface area contributed by atoms with E-state index in [1.165, 1.54) is 0 Å². The third kappa shape index (κ3) is 3.28. The SMILES string of the molecule is Cn1cnc2cc(C(=O)N3CCN(Cc4cccc(O)c4)CC3)ccc21. The summed E-state index contributed by atoms with van der Waals surface area (Å²) in [6.45, 7) is 3.85. The number of phenols is 1. The van der Waals surface area contributed by atoms with Gasteiger partial charge in [-0.25, -0.2) is 4.98 Å². The van der Waals surface area contributed by atoms with Crippen molar-refractivity contribution in [3.63, 3.8) is 0 Å². The lowest BCUT2D eigenvalue weighted by atomic mass is 10.1. The third-order valence-electron chi connectivity index (χ3n) is 4.95. The molecule has 0 spiro atoms. The number of amides is 1. The van der Waals surface area contributed by atoms with Crippen molar-refractivity contribution in [1.29, 1.82) is 0 Å². The molecule has 0 saturated carbocycles. The fourth-order valence-corrected chi connectivity index (χ4v) is 3.47. The molecule has 2 aromatic carbocycles. The van der Waals surface area contributed by atoms with Crippen LogP contribution in [-0.2, 0) is 13.6 Å². The Bertz CT molecular complexity index is 942. The van der Waals surface area contributed by atoms with Gasteiger partial charge in [0.05, 0.1) is 17.4 Å². The number of benzene rings is 2. The van der Waals surface area contributed by atoms with E-state index in [1.54, 1.807) is 18.5 Å². The summed E-state index contributed by atoms with van der Waals surface area (Å²) in [4.78, 5) is 21.3. The van der Waals surface area contributed by atoms with Gasteiger partial charge in [-0.05, 0) is 35.9 Å². The van der Waals surface area contributed by atoms with Crippen molar-refractivity contribution in [3.05, 3.63) is 59.9 Å². The monoisotopic (exact) mass is 350 g/mol. The number of hydrogen-bond acceptors (Lipinski definition) is 4. The van der Waals surface area contributed by atoms with Crippen molar-refractivity contribution in [1.82, 2.24) is 19.4 Å². The maximum absolute atomic E-state index is 12.8. The van der Waals surface area contributed by atoms with E-state index in [0.29, 0.717) is 24.4 Å². The van der Waals surface area contributed by atoms with Gasteiger partial charge in [-0.3, -0.25) is 9.69 Å². The number of aryl methyl sites for hydroxylation is 1. The molecule has 134 valence electrons. The topological polar surface area (TPSA) is 61.6 Å². The standard InChI is InChI=1S/C20H22N4O2/c1-22-14-21-18-12-16(5-6-19(18)22)20(26)24-9-7-23(8-10-24)13-15-3-2-4-17(25)11-15/h2-6,11-12,14,25H,7-10,13H2,1H3. The van der Waals surface area contributed by atoms with Gasteiger partial charge in [0.1, 0.15) is 5.75 Å². The molecule has 2 heterocycles. The largest absolute Gasteiger partial charge is 0.508 e. The smallest absolute Gasteiger partial charge is 0.254 e. The van der Waals surface area contributed by atoms with Gasteiger partial charge in [0, 0.05) is 45.3 Å². The summed E-state index contributed by atoms with van der Waals surface area (Å²) >= 11 is 0. The van der Waals surface area contributed by atoms with Crippen LogP contribution in [0.3, 0.4) is 0 Å². The van der Waals surface area contributed by atoms with Crippen molar-refractivity contribution >= 4 is 16.9 Å². The van der Waals surface area contributed by atoms with E-state index in [9.17, 15) is 9.90 Å². The number of nitrogens with zero attached hydrogens (tertiary/aromatic N) is 4.